The SMILES string of the molecule is Cc1c(-c2c(C(=O)Nc3ccc(O)cc3)c(C)n(C)c2-c2cc3c(cc2C(=O)N2Cc4ccccc4C[C@H]2C)CN(C(=O)Cc2ccc(C4CCN(CC(F)F)CC4)cc2F)CC3)cc(C#N)n1C. The molecule has 69 heavy (non-hydrogen) atoms. The average molecular weight is 936 g/mol. The predicted octanol–water partition coefficient (Wildman–Crippen LogP) is 9.44. The van der Waals surface area contributed by atoms with Crippen LogP contribution in [0.3, 0.4) is 0 Å². The van der Waals surface area contributed by atoms with Crippen molar-refractivity contribution in [2.24, 2.45) is 14.1 Å². The number of carbonyl (C=O) groups is 3. The van der Waals surface area contributed by atoms with Gasteiger partial charge >= 0.3 is 0 Å². The summed E-state index contributed by atoms with van der Waals surface area (Å²) in [7, 11) is 3.67. The molecule has 2 aromatic heterocycles. The fourth-order valence-electron chi connectivity index (χ4n) is 10.6. The topological polar surface area (TPSA) is 127 Å². The molecular weight excluding hydrogens is 880 g/mol. The number of anilines is 1. The van der Waals surface area contributed by atoms with E-state index in [-0.39, 0.29) is 54.6 Å². The highest BCUT2D eigenvalue weighted by molar-refractivity contribution is 6.14. The van der Waals surface area contributed by atoms with Crippen LogP contribution in [0.1, 0.15) is 96.9 Å². The Kier molecular flexibility index (Phi) is 13.0. The Hall–Kier alpha value is -7.11. The lowest BCUT2D eigenvalue weighted by atomic mass is 9.87. The van der Waals surface area contributed by atoms with E-state index < -0.39 is 18.1 Å². The Bertz CT molecular complexity index is 3030. The van der Waals surface area contributed by atoms with E-state index in [1.807, 2.05) is 73.7 Å². The number of nitrogens with one attached hydrogen (secondary N) is 1. The first kappa shape index (κ1) is 47.0. The van der Waals surface area contributed by atoms with Crippen LogP contribution in [0, 0.1) is 31.0 Å². The largest absolute Gasteiger partial charge is 0.508 e. The summed E-state index contributed by atoms with van der Waals surface area (Å²) < 4.78 is 45.4. The third-order valence-electron chi connectivity index (χ3n) is 14.8. The van der Waals surface area contributed by atoms with Crippen molar-refractivity contribution in [3.05, 3.63) is 152 Å². The molecule has 0 aliphatic carbocycles. The van der Waals surface area contributed by atoms with Gasteiger partial charge in [-0.15, -0.1) is 0 Å². The monoisotopic (exact) mass is 935 g/mol. The minimum Gasteiger partial charge on any atom is -0.508 e. The fraction of sp³-hybridized carbons (Fsp3) is 0.345. The molecule has 0 radical (unpaired) electrons. The van der Waals surface area contributed by atoms with E-state index in [4.69, 9.17) is 0 Å². The summed E-state index contributed by atoms with van der Waals surface area (Å²) in [6.07, 6.45) is -0.102. The number of nitriles is 1. The quantitative estimate of drug-likeness (QED) is 0.132. The molecule has 0 spiro atoms. The Balaban J connectivity index is 1.10. The van der Waals surface area contributed by atoms with Gasteiger partial charge in [0.15, 0.2) is 0 Å². The molecule has 2 N–H and O–H groups in total. The van der Waals surface area contributed by atoms with Crippen molar-refractivity contribution in [2.75, 3.05) is 31.5 Å². The molecule has 11 nitrogen and oxygen atoms in total. The molecule has 1 atom stereocenters. The first-order chi connectivity index (χ1) is 33.1. The molecule has 0 unspecified atom stereocenters. The number of halogens is 3. The lowest BCUT2D eigenvalue weighted by Gasteiger charge is -2.36. The van der Waals surface area contributed by atoms with E-state index in [2.05, 4.69) is 17.5 Å². The number of aromatic nitrogens is 2. The van der Waals surface area contributed by atoms with Crippen LogP contribution in [0.5, 0.6) is 5.75 Å². The van der Waals surface area contributed by atoms with Crippen molar-refractivity contribution < 1.29 is 32.7 Å². The number of alkyl halides is 2. The molecule has 3 aliphatic rings. The molecule has 0 saturated carbocycles. The number of piperidine rings is 1. The molecule has 14 heteroatoms. The van der Waals surface area contributed by atoms with Crippen LogP contribution in [-0.2, 0) is 51.2 Å². The number of nitrogens with zero attached hydrogens (tertiary/aromatic N) is 6. The molecule has 1 saturated heterocycles. The summed E-state index contributed by atoms with van der Waals surface area (Å²) >= 11 is 0. The van der Waals surface area contributed by atoms with Gasteiger partial charge in [-0.1, -0.05) is 36.4 Å². The fourth-order valence-corrected chi connectivity index (χ4v) is 10.6. The van der Waals surface area contributed by atoms with Gasteiger partial charge in [0, 0.05) is 79.1 Å². The zero-order chi connectivity index (χ0) is 48.8. The maximum absolute atomic E-state index is 15.8. The minimum atomic E-state index is -2.39. The van der Waals surface area contributed by atoms with Gasteiger partial charge in [0.2, 0.25) is 5.91 Å². The Morgan fingerprint density at radius 3 is 2.25 bits per heavy atom. The second kappa shape index (κ2) is 19.1. The number of hydrogen-bond acceptors (Lipinski definition) is 6. The van der Waals surface area contributed by atoms with E-state index >= 15 is 9.18 Å². The molecule has 3 aliphatic heterocycles. The minimum absolute atomic E-state index is 0.0535. The summed E-state index contributed by atoms with van der Waals surface area (Å²) in [5, 5.41) is 23.2. The first-order valence-corrected chi connectivity index (χ1v) is 23.6. The molecule has 9 rings (SSSR count). The maximum Gasteiger partial charge on any atom is 0.258 e. The van der Waals surface area contributed by atoms with Crippen molar-refractivity contribution in [3.63, 3.8) is 0 Å². The van der Waals surface area contributed by atoms with Gasteiger partial charge in [-0.2, -0.15) is 5.26 Å². The number of benzene rings is 4. The number of fused-ring (bicyclic) bond motifs is 2. The van der Waals surface area contributed by atoms with E-state index in [9.17, 15) is 28.7 Å². The second-order valence-corrected chi connectivity index (χ2v) is 18.9. The first-order valence-electron chi connectivity index (χ1n) is 23.6. The molecule has 356 valence electrons. The van der Waals surface area contributed by atoms with Crippen molar-refractivity contribution in [3.8, 4) is 34.2 Å². The maximum atomic E-state index is 15.8. The van der Waals surface area contributed by atoms with E-state index in [0.717, 1.165) is 27.9 Å². The van der Waals surface area contributed by atoms with Crippen LogP contribution in [0.2, 0.25) is 0 Å². The lowest BCUT2D eigenvalue weighted by molar-refractivity contribution is -0.131. The van der Waals surface area contributed by atoms with Crippen LogP contribution in [0.15, 0.2) is 84.9 Å². The molecule has 6 aromatic rings. The molecule has 4 aromatic carbocycles. The van der Waals surface area contributed by atoms with Gasteiger partial charge in [0.25, 0.3) is 18.2 Å². The van der Waals surface area contributed by atoms with Crippen molar-refractivity contribution in [1.29, 1.82) is 5.26 Å². The van der Waals surface area contributed by atoms with Crippen molar-refractivity contribution >= 4 is 23.4 Å². The van der Waals surface area contributed by atoms with Gasteiger partial charge in [0.1, 0.15) is 23.3 Å². The van der Waals surface area contributed by atoms with Gasteiger partial charge in [-0.3, -0.25) is 19.3 Å². The van der Waals surface area contributed by atoms with Gasteiger partial charge in [-0.25, -0.2) is 13.2 Å². The number of likely N-dealkylation sites (tertiary alicyclic amines) is 1. The molecule has 5 heterocycles. The highest BCUT2D eigenvalue weighted by atomic mass is 19.3. The summed E-state index contributed by atoms with van der Waals surface area (Å²) in [5.74, 6) is -1.22. The van der Waals surface area contributed by atoms with Gasteiger partial charge in [0.05, 0.1) is 24.2 Å². The number of carbonyl (C=O) groups excluding carboxylic acids is 3. The number of aromatic hydroxyl groups is 1. The van der Waals surface area contributed by atoms with E-state index in [1.54, 1.807) is 45.7 Å². The molecule has 0 bridgehead atoms. The van der Waals surface area contributed by atoms with Gasteiger partial charge in [-0.05, 0) is 147 Å². The van der Waals surface area contributed by atoms with Gasteiger partial charge < -0.3 is 29.4 Å². The summed E-state index contributed by atoms with van der Waals surface area (Å²) in [6, 6.07) is 27.1. The number of hydrogen-bond donors (Lipinski definition) is 2. The highest BCUT2D eigenvalue weighted by Crippen LogP contribution is 2.44. The zero-order valence-electron chi connectivity index (χ0n) is 39.6. The normalized spacial score (nSPS) is 16.3. The predicted molar refractivity (Wildman–Crippen MR) is 259 cm³/mol. The smallest absolute Gasteiger partial charge is 0.258 e. The number of phenols is 1. The average Bonchev–Trinajstić information content (AvgIpc) is 3.77. The molecular formula is C55H56F3N7O4. The second-order valence-electron chi connectivity index (χ2n) is 18.9. The third-order valence-corrected chi connectivity index (χ3v) is 14.8. The molecule has 1 fully saturated rings. The summed E-state index contributed by atoms with van der Waals surface area (Å²) in [5.41, 5.74) is 10.5. The standard InChI is InChI=1S/C55H56F3N7O4/c1-32-22-36-8-6-7-9-40(36)30-65(32)55(69)47-24-41-29-64(50(67)26-39-11-10-37(25-48(39)56)35-16-19-63(20-17-35)31-49(57)58)21-18-38(41)23-46(47)53-52(45-27-43(28-59)61(4)33(45)2)51(34(3)62(53)5)54(68)60-42-12-14-44(66)15-13-42/h6-15,23-25,27,32,35,49,66H,16-22,26,29-31H2,1-5H3,(H,60,68)/t32-/m1/s1. The van der Waals surface area contributed by atoms with Crippen LogP contribution in [-0.4, -0.2) is 85.3 Å². The van der Waals surface area contributed by atoms with Crippen LogP contribution < -0.4 is 5.32 Å². The molecule has 3 amide bonds. The van der Waals surface area contributed by atoms with Crippen molar-refractivity contribution in [2.45, 2.75) is 84.4 Å². The van der Waals surface area contributed by atoms with Crippen LogP contribution >= 0.6 is 0 Å². The van der Waals surface area contributed by atoms with Crippen LogP contribution in [0.4, 0.5) is 18.9 Å². The Morgan fingerprint density at radius 1 is 0.841 bits per heavy atom. The highest BCUT2D eigenvalue weighted by Gasteiger charge is 2.35. The number of amides is 3. The third kappa shape index (κ3) is 9.15. The Labute approximate surface area is 400 Å². The zero-order valence-corrected chi connectivity index (χ0v) is 39.6. The summed E-state index contributed by atoms with van der Waals surface area (Å²) in [4.78, 5) is 49.5. The van der Waals surface area contributed by atoms with Crippen molar-refractivity contribution in [1.82, 2.24) is 23.8 Å². The van der Waals surface area contributed by atoms with E-state index in [1.165, 1.54) is 23.8 Å². The summed E-state index contributed by atoms with van der Waals surface area (Å²) in [6.45, 7) is 7.53. The Morgan fingerprint density at radius 2 is 1.57 bits per heavy atom. The van der Waals surface area contributed by atoms with E-state index in [0.29, 0.717) is 102 Å². The lowest BCUT2D eigenvalue weighted by Crippen LogP contribution is -2.43. The number of rotatable bonds is 10. The van der Waals surface area contributed by atoms with Crippen LogP contribution in [0.25, 0.3) is 22.4 Å². The number of phenolic OH excluding ortho intramolecular Hbond substituents is 1.